The highest BCUT2D eigenvalue weighted by molar-refractivity contribution is 7.91. The third kappa shape index (κ3) is 6.41. The van der Waals surface area contributed by atoms with E-state index in [1.165, 1.54) is 0 Å². The highest BCUT2D eigenvalue weighted by Crippen LogP contribution is 2.50. The van der Waals surface area contributed by atoms with Crippen molar-refractivity contribution in [1.29, 1.82) is 0 Å². The lowest BCUT2D eigenvalue weighted by Gasteiger charge is -2.53. The molecule has 3 saturated heterocycles. The molecule has 2 unspecified atom stereocenters. The third-order valence-electron chi connectivity index (χ3n) is 10.4. The number of anilines is 2. The second-order valence-electron chi connectivity index (χ2n) is 13.4. The molecule has 2 aromatic carbocycles. The van der Waals surface area contributed by atoms with Crippen molar-refractivity contribution in [3.8, 4) is 0 Å². The number of aliphatic hydroxyl groups is 1. The van der Waals surface area contributed by atoms with E-state index in [1.54, 1.807) is 13.0 Å². The molecular formula is C34H51ClN4O4S. The van der Waals surface area contributed by atoms with E-state index in [9.17, 15) is 18.3 Å². The molecule has 6 rings (SSSR count). The topological polar surface area (TPSA) is 81.2 Å². The zero-order chi connectivity index (χ0) is 31.0. The Bertz CT molecular complexity index is 1400. The van der Waals surface area contributed by atoms with Crippen LogP contribution in [-0.2, 0) is 14.6 Å². The minimum Gasteiger partial charge on any atom is -1.00 e. The van der Waals surface area contributed by atoms with Crippen LogP contribution in [0.5, 0.6) is 0 Å². The van der Waals surface area contributed by atoms with Crippen LogP contribution in [0.25, 0.3) is 0 Å². The summed E-state index contributed by atoms with van der Waals surface area (Å²) >= 11 is 0. The maximum absolute atomic E-state index is 14.2. The molecule has 244 valence electrons. The molecule has 0 aromatic heterocycles. The van der Waals surface area contributed by atoms with Crippen LogP contribution in [-0.4, -0.2) is 94.1 Å². The zero-order valence-electron chi connectivity index (χ0n) is 27.1. The summed E-state index contributed by atoms with van der Waals surface area (Å²) in [6, 6.07) is 13.6. The summed E-state index contributed by atoms with van der Waals surface area (Å²) in [5.41, 5.74) is 2.45. The molecule has 0 aliphatic carbocycles. The van der Waals surface area contributed by atoms with Crippen LogP contribution in [0.3, 0.4) is 0 Å². The first-order valence-corrected chi connectivity index (χ1v) is 17.8. The van der Waals surface area contributed by atoms with Crippen molar-refractivity contribution in [2.24, 2.45) is 5.41 Å². The Balaban J connectivity index is 0.00000442. The van der Waals surface area contributed by atoms with Gasteiger partial charge >= 0.3 is 0 Å². The molecule has 0 radical (unpaired) electrons. The first-order chi connectivity index (χ1) is 20.5. The van der Waals surface area contributed by atoms with E-state index in [-0.39, 0.29) is 24.1 Å². The van der Waals surface area contributed by atoms with Crippen molar-refractivity contribution < 1.29 is 35.3 Å². The lowest BCUT2D eigenvalue weighted by molar-refractivity contribution is -0.942. The van der Waals surface area contributed by atoms with Gasteiger partial charge in [0, 0.05) is 38.0 Å². The summed E-state index contributed by atoms with van der Waals surface area (Å²) in [6.07, 6.45) is 4.00. The van der Waals surface area contributed by atoms with Crippen LogP contribution in [0.1, 0.15) is 76.3 Å². The van der Waals surface area contributed by atoms with Gasteiger partial charge in [0.25, 0.3) is 5.91 Å². The van der Waals surface area contributed by atoms with Crippen LogP contribution in [0, 0.1) is 5.41 Å². The zero-order valence-corrected chi connectivity index (χ0v) is 28.7. The Kier molecular flexibility index (Phi) is 10.8. The Labute approximate surface area is 270 Å². The largest absolute Gasteiger partial charge is 1.00 e. The Morgan fingerprint density at radius 2 is 1.59 bits per heavy atom. The average Bonchev–Trinajstić information content (AvgIpc) is 3.06. The minimum absolute atomic E-state index is 0. The third-order valence-corrected chi connectivity index (χ3v) is 12.3. The molecule has 4 aliphatic rings. The van der Waals surface area contributed by atoms with Gasteiger partial charge in [-0.15, -0.1) is 0 Å². The highest BCUT2D eigenvalue weighted by Gasteiger charge is 2.50. The summed E-state index contributed by atoms with van der Waals surface area (Å²) < 4.78 is 29.0. The number of aliphatic hydroxyl groups excluding tert-OH is 1. The van der Waals surface area contributed by atoms with Crippen LogP contribution < -0.4 is 22.3 Å². The molecule has 2 bridgehead atoms. The number of fused-ring (bicyclic) bond motifs is 4. The predicted octanol–water partition coefficient (Wildman–Crippen LogP) is 1.82. The SMILES string of the molecule is CCCCC1(CCCC)CS(=O)(=O)c2ccc(N(C)C)cc2C(c2cccc(N(C(C)=O)[N+]34CCN(CC3)CC4)c2)C1O.[Cl-]. The maximum atomic E-state index is 14.2. The molecule has 4 aliphatic heterocycles. The molecule has 2 aromatic rings. The van der Waals surface area contributed by atoms with Gasteiger partial charge in [-0.3, -0.25) is 9.69 Å². The van der Waals surface area contributed by atoms with E-state index in [4.69, 9.17) is 0 Å². The number of benzene rings is 2. The predicted molar refractivity (Wildman–Crippen MR) is 173 cm³/mol. The molecule has 3 fully saturated rings. The number of halogens is 1. The van der Waals surface area contributed by atoms with Crippen LogP contribution in [0.4, 0.5) is 11.4 Å². The summed E-state index contributed by atoms with van der Waals surface area (Å²) in [6.45, 7) is 11.5. The van der Waals surface area contributed by atoms with Gasteiger partial charge in [0.1, 0.15) is 19.6 Å². The fraction of sp³-hybridized carbons (Fsp3) is 0.618. The molecule has 1 N–H and O–H groups in total. The summed E-state index contributed by atoms with van der Waals surface area (Å²) in [4.78, 5) is 18.1. The number of carbonyl (C=O) groups is 1. The van der Waals surface area contributed by atoms with Crippen LogP contribution in [0.15, 0.2) is 47.4 Å². The molecule has 8 nitrogen and oxygen atoms in total. The molecule has 0 spiro atoms. The molecule has 2 atom stereocenters. The molecule has 44 heavy (non-hydrogen) atoms. The van der Waals surface area contributed by atoms with E-state index in [0.29, 0.717) is 27.9 Å². The number of hydrogen-bond acceptors (Lipinski definition) is 6. The van der Waals surface area contributed by atoms with Gasteiger partial charge in [0.2, 0.25) is 0 Å². The van der Waals surface area contributed by atoms with E-state index < -0.39 is 27.3 Å². The molecule has 0 saturated carbocycles. The summed E-state index contributed by atoms with van der Waals surface area (Å²) in [5.74, 6) is -0.596. The number of nitrogens with zero attached hydrogens (tertiary/aromatic N) is 4. The first kappa shape index (κ1) is 34.7. The quantitative estimate of drug-likeness (QED) is 0.397. The number of quaternary nitrogens is 1. The van der Waals surface area contributed by atoms with Gasteiger partial charge in [-0.1, -0.05) is 51.7 Å². The van der Waals surface area contributed by atoms with Gasteiger partial charge < -0.3 is 22.4 Å². The van der Waals surface area contributed by atoms with Gasteiger partial charge in [-0.25, -0.2) is 13.0 Å². The van der Waals surface area contributed by atoms with Crippen molar-refractivity contribution in [1.82, 2.24) is 4.90 Å². The van der Waals surface area contributed by atoms with Gasteiger partial charge in [-0.2, -0.15) is 5.01 Å². The number of unbranched alkanes of at least 4 members (excludes halogenated alkanes) is 2. The number of amides is 1. The van der Waals surface area contributed by atoms with E-state index in [2.05, 4.69) is 24.8 Å². The van der Waals surface area contributed by atoms with Gasteiger partial charge in [0.05, 0.1) is 42.1 Å². The normalized spacial score (nSPS) is 26.6. The number of sulfone groups is 1. The lowest BCUT2D eigenvalue weighted by atomic mass is 9.68. The monoisotopic (exact) mass is 646 g/mol. The van der Waals surface area contributed by atoms with E-state index >= 15 is 0 Å². The number of carbonyl (C=O) groups excluding carboxylic acids is 1. The van der Waals surface area contributed by atoms with Crippen molar-refractivity contribution in [2.45, 2.75) is 76.2 Å². The van der Waals surface area contributed by atoms with Crippen molar-refractivity contribution >= 4 is 27.1 Å². The molecule has 10 heteroatoms. The standard InChI is InChI=1S/C34H51N4O4S.ClH/c1-6-8-15-34(16-9-7-2)25-43(41,42)31-14-13-28(35(4)5)24-30(31)32(33(34)40)27-11-10-12-29(23-27)37(26(3)39)38-20-17-36(18-21-38)19-22-38;/h10-14,23-24,32-33,40H,6-9,15-22,25H2,1-5H3;1H/q+1;/p-1. The van der Waals surface area contributed by atoms with E-state index in [0.717, 1.165) is 81.9 Å². The molecule has 1 amide bonds. The van der Waals surface area contributed by atoms with Gasteiger partial charge in [-0.05, 0) is 54.3 Å². The molecular weight excluding hydrogens is 596 g/mol. The number of hydrogen-bond donors (Lipinski definition) is 1. The second-order valence-corrected chi connectivity index (χ2v) is 15.4. The summed E-state index contributed by atoms with van der Waals surface area (Å²) in [5, 5.41) is 14.6. The van der Waals surface area contributed by atoms with Crippen molar-refractivity contribution in [2.75, 3.05) is 69.0 Å². The molecule has 4 heterocycles. The van der Waals surface area contributed by atoms with Crippen molar-refractivity contribution in [3.05, 3.63) is 53.6 Å². The Morgan fingerprint density at radius 1 is 0.977 bits per heavy atom. The summed E-state index contributed by atoms with van der Waals surface area (Å²) in [7, 11) is 0.216. The Morgan fingerprint density at radius 3 is 2.14 bits per heavy atom. The lowest BCUT2D eigenvalue weighted by Crippen LogP contribution is -3.00. The number of rotatable bonds is 10. The van der Waals surface area contributed by atoms with Crippen LogP contribution in [0.2, 0.25) is 0 Å². The Hall–Kier alpha value is -2.17. The second kappa shape index (κ2) is 13.7. The smallest absolute Gasteiger partial charge is 0.269 e. The number of piperazine rings is 3. The van der Waals surface area contributed by atoms with Crippen LogP contribution >= 0.6 is 0 Å². The maximum Gasteiger partial charge on any atom is 0.269 e. The first-order valence-electron chi connectivity index (χ1n) is 16.2. The minimum atomic E-state index is -3.68. The highest BCUT2D eigenvalue weighted by atomic mass is 35.5. The van der Waals surface area contributed by atoms with E-state index in [1.807, 2.05) is 54.3 Å². The van der Waals surface area contributed by atoms with Gasteiger partial charge in [0.15, 0.2) is 9.84 Å². The fourth-order valence-corrected chi connectivity index (χ4v) is 10.1. The van der Waals surface area contributed by atoms with Crippen molar-refractivity contribution in [3.63, 3.8) is 0 Å². The average molecular weight is 647 g/mol. The fourth-order valence-electron chi connectivity index (χ4n) is 7.92.